The molecule has 0 spiro atoms. The number of Topliss-reactive ketones (excluding diaryl/α,β-unsaturated/α-hetero) is 1. The molecular formula is C17H21NO5S. The van der Waals surface area contributed by atoms with Gasteiger partial charge in [0.2, 0.25) is 0 Å². The van der Waals surface area contributed by atoms with E-state index in [1.165, 1.54) is 12.3 Å². The molecule has 0 saturated heterocycles. The summed E-state index contributed by atoms with van der Waals surface area (Å²) < 4.78 is 23.4. The summed E-state index contributed by atoms with van der Waals surface area (Å²) in [5, 5.41) is 9.74. The summed E-state index contributed by atoms with van der Waals surface area (Å²) in [7, 11) is -1.55. The molecule has 130 valence electrons. The molecule has 1 unspecified atom stereocenters. The maximum absolute atomic E-state index is 12.4. The number of ether oxygens (including phenoxy) is 2. The molecule has 0 saturated carbocycles. The number of hydrogen-bond donors (Lipinski definition) is 1. The third kappa shape index (κ3) is 3.40. The lowest BCUT2D eigenvalue weighted by Crippen LogP contribution is -2.37. The predicted molar refractivity (Wildman–Crippen MR) is 90.5 cm³/mol. The average molecular weight is 351 g/mol. The minimum atomic E-state index is -1.55. The third-order valence-corrected chi connectivity index (χ3v) is 4.86. The Hall–Kier alpha value is -2.02. The number of carbonyl (C=O) groups excluding carboxylic acids is 2. The summed E-state index contributed by atoms with van der Waals surface area (Å²) in [5.41, 5.74) is -1.24. The Kier molecular flexibility index (Phi) is 5.22. The molecule has 6 nitrogen and oxygen atoms in total. The molecule has 0 aromatic heterocycles. The van der Waals surface area contributed by atoms with Gasteiger partial charge in [0.15, 0.2) is 17.1 Å². The average Bonchev–Trinajstić information content (AvgIpc) is 2.84. The van der Waals surface area contributed by atoms with Gasteiger partial charge in [0, 0.05) is 18.8 Å². The van der Waals surface area contributed by atoms with Crippen LogP contribution < -0.4 is 0 Å². The van der Waals surface area contributed by atoms with E-state index in [9.17, 15) is 13.8 Å². The Labute approximate surface area is 143 Å². The minimum absolute atomic E-state index is 0.0562. The first-order chi connectivity index (χ1) is 11.2. The van der Waals surface area contributed by atoms with E-state index >= 15 is 0 Å². The Balaban J connectivity index is 2.58. The first kappa shape index (κ1) is 18.3. The van der Waals surface area contributed by atoms with Crippen LogP contribution in [0.1, 0.15) is 47.0 Å². The van der Waals surface area contributed by atoms with Crippen LogP contribution >= 0.6 is 0 Å². The van der Waals surface area contributed by atoms with E-state index in [0.717, 1.165) is 6.42 Å². The second-order valence-corrected chi connectivity index (χ2v) is 7.38. The Bertz CT molecular complexity index is 727. The number of ketones is 1. The number of unbranched alkanes of at least 4 members (excludes halogenated alkanes) is 1. The van der Waals surface area contributed by atoms with Gasteiger partial charge < -0.3 is 9.47 Å². The van der Waals surface area contributed by atoms with Gasteiger partial charge in [-0.25, -0.2) is 4.21 Å². The molecule has 0 aromatic carbocycles. The zero-order valence-electron chi connectivity index (χ0n) is 14.2. The maximum atomic E-state index is 12.4. The highest BCUT2D eigenvalue weighted by molar-refractivity contribution is 7.92. The summed E-state index contributed by atoms with van der Waals surface area (Å²) in [6.45, 7) is 6.54. The highest BCUT2D eigenvalue weighted by Gasteiger charge is 2.43. The SMILES string of the molecule is CCCCC(=O)C(=N)C1=C(OC(C)=O)C(C)(C)OC2=C1S(=O)C=C2. The van der Waals surface area contributed by atoms with Crippen LogP contribution in [0.25, 0.3) is 0 Å². The van der Waals surface area contributed by atoms with E-state index in [-0.39, 0.29) is 34.2 Å². The summed E-state index contributed by atoms with van der Waals surface area (Å²) in [4.78, 5) is 24.1. The number of nitrogens with one attached hydrogen (secondary N) is 1. The molecule has 0 fully saturated rings. The van der Waals surface area contributed by atoms with Crippen molar-refractivity contribution in [3.63, 3.8) is 0 Å². The molecular weight excluding hydrogens is 330 g/mol. The van der Waals surface area contributed by atoms with Crippen LogP contribution in [-0.2, 0) is 29.9 Å². The van der Waals surface area contributed by atoms with Gasteiger partial charge in [0.25, 0.3) is 0 Å². The minimum Gasteiger partial charge on any atom is -0.479 e. The van der Waals surface area contributed by atoms with Gasteiger partial charge in [0.1, 0.15) is 11.5 Å². The quantitative estimate of drug-likeness (QED) is 0.586. The topological polar surface area (TPSA) is 93.5 Å². The van der Waals surface area contributed by atoms with Crippen molar-refractivity contribution in [1.29, 1.82) is 5.41 Å². The molecule has 1 N–H and O–H groups in total. The lowest BCUT2D eigenvalue weighted by atomic mass is 9.92. The second-order valence-electron chi connectivity index (χ2n) is 6.11. The molecule has 2 aliphatic rings. The summed E-state index contributed by atoms with van der Waals surface area (Å²) >= 11 is 0. The molecule has 7 heteroatoms. The summed E-state index contributed by atoms with van der Waals surface area (Å²) in [6, 6.07) is 0. The van der Waals surface area contributed by atoms with Crippen LogP contribution in [0.15, 0.2) is 33.5 Å². The zero-order valence-corrected chi connectivity index (χ0v) is 15.0. The van der Waals surface area contributed by atoms with Crippen LogP contribution in [0.3, 0.4) is 0 Å². The van der Waals surface area contributed by atoms with E-state index in [4.69, 9.17) is 14.9 Å². The molecule has 0 bridgehead atoms. The number of hydrogen-bond acceptors (Lipinski definition) is 6. The first-order valence-corrected chi connectivity index (χ1v) is 8.98. The number of carbonyl (C=O) groups is 2. The molecule has 2 aliphatic heterocycles. The maximum Gasteiger partial charge on any atom is 0.307 e. The van der Waals surface area contributed by atoms with Gasteiger partial charge in [-0.2, -0.15) is 0 Å². The van der Waals surface area contributed by atoms with Crippen molar-refractivity contribution in [3.8, 4) is 0 Å². The van der Waals surface area contributed by atoms with E-state index in [1.807, 2.05) is 6.92 Å². The molecule has 2 rings (SSSR count). The fraction of sp³-hybridized carbons (Fsp3) is 0.471. The lowest BCUT2D eigenvalue weighted by molar-refractivity contribution is -0.140. The Morgan fingerprint density at radius 2 is 2.04 bits per heavy atom. The highest BCUT2D eigenvalue weighted by Crippen LogP contribution is 2.42. The Morgan fingerprint density at radius 1 is 1.38 bits per heavy atom. The smallest absolute Gasteiger partial charge is 0.307 e. The fourth-order valence-corrected chi connectivity index (χ4v) is 3.63. The van der Waals surface area contributed by atoms with Crippen molar-refractivity contribution in [3.05, 3.63) is 33.5 Å². The first-order valence-electron chi connectivity index (χ1n) is 7.76. The third-order valence-electron chi connectivity index (χ3n) is 3.67. The number of esters is 1. The van der Waals surface area contributed by atoms with Crippen molar-refractivity contribution in [2.75, 3.05) is 0 Å². The summed E-state index contributed by atoms with van der Waals surface area (Å²) in [6.07, 6.45) is 3.26. The van der Waals surface area contributed by atoms with Crippen molar-refractivity contribution in [2.24, 2.45) is 0 Å². The van der Waals surface area contributed by atoms with E-state index in [0.29, 0.717) is 12.2 Å². The van der Waals surface area contributed by atoms with E-state index < -0.39 is 22.4 Å². The standard InChI is InChI=1S/C17H21NO5S/c1-5-6-7-11(20)14(18)13-15-12(8-9-24(15)21)23-17(3,4)16(13)22-10(2)19/h8-9,18H,5-7H2,1-4H3. The largest absolute Gasteiger partial charge is 0.479 e. The van der Waals surface area contributed by atoms with Crippen molar-refractivity contribution < 1.29 is 23.3 Å². The summed E-state index contributed by atoms with van der Waals surface area (Å²) in [5.74, 6) is -0.559. The molecule has 0 aliphatic carbocycles. The lowest BCUT2D eigenvalue weighted by Gasteiger charge is -2.34. The zero-order chi connectivity index (χ0) is 18.1. The predicted octanol–water partition coefficient (Wildman–Crippen LogP) is 2.88. The van der Waals surface area contributed by atoms with Crippen molar-refractivity contribution in [1.82, 2.24) is 0 Å². The van der Waals surface area contributed by atoms with Crippen LogP contribution in [0.2, 0.25) is 0 Å². The van der Waals surface area contributed by atoms with Crippen LogP contribution in [0.4, 0.5) is 0 Å². The Morgan fingerprint density at radius 3 is 2.62 bits per heavy atom. The van der Waals surface area contributed by atoms with Crippen LogP contribution in [0.5, 0.6) is 0 Å². The molecule has 1 atom stereocenters. The molecule has 2 heterocycles. The highest BCUT2D eigenvalue weighted by atomic mass is 32.2. The molecule has 0 amide bonds. The van der Waals surface area contributed by atoms with Gasteiger partial charge in [-0.3, -0.25) is 15.0 Å². The molecule has 0 radical (unpaired) electrons. The van der Waals surface area contributed by atoms with Gasteiger partial charge in [-0.05, 0) is 26.3 Å². The molecule has 0 aromatic rings. The normalized spacial score (nSPS) is 21.4. The van der Waals surface area contributed by atoms with Gasteiger partial charge in [-0.15, -0.1) is 0 Å². The number of rotatable bonds is 6. The van der Waals surface area contributed by atoms with Gasteiger partial charge in [-0.1, -0.05) is 13.3 Å². The van der Waals surface area contributed by atoms with E-state index in [1.54, 1.807) is 19.9 Å². The second kappa shape index (κ2) is 6.84. The van der Waals surface area contributed by atoms with Gasteiger partial charge in [0.05, 0.1) is 21.3 Å². The van der Waals surface area contributed by atoms with Crippen LogP contribution in [-0.4, -0.2) is 27.3 Å². The number of allylic oxidation sites excluding steroid dienone is 2. The van der Waals surface area contributed by atoms with Crippen LogP contribution in [0, 0.1) is 5.41 Å². The van der Waals surface area contributed by atoms with Gasteiger partial charge >= 0.3 is 5.97 Å². The monoisotopic (exact) mass is 351 g/mol. The van der Waals surface area contributed by atoms with Crippen molar-refractivity contribution >= 4 is 28.3 Å². The fourth-order valence-electron chi connectivity index (χ4n) is 2.54. The van der Waals surface area contributed by atoms with E-state index in [2.05, 4.69) is 0 Å². The molecule has 24 heavy (non-hydrogen) atoms. The van der Waals surface area contributed by atoms with Crippen molar-refractivity contribution in [2.45, 2.75) is 52.6 Å².